The maximum absolute atomic E-state index is 5.51. The highest BCUT2D eigenvalue weighted by atomic mass is 14.9. The quantitative estimate of drug-likeness (QED) is 0.640. The van der Waals surface area contributed by atoms with Gasteiger partial charge in [-0.2, -0.15) is 0 Å². The maximum atomic E-state index is 5.51. The molecule has 0 spiro atoms. The molecule has 2 atom stereocenters. The van der Waals surface area contributed by atoms with Crippen LogP contribution in [0.4, 0.5) is 0 Å². The van der Waals surface area contributed by atoms with E-state index in [1.807, 2.05) is 0 Å². The molecule has 0 rings (SSSR count). The van der Waals surface area contributed by atoms with E-state index in [2.05, 4.69) is 33.0 Å². The van der Waals surface area contributed by atoms with Crippen LogP contribution in [0.1, 0.15) is 40.5 Å². The van der Waals surface area contributed by atoms with E-state index < -0.39 is 0 Å². The van der Waals surface area contributed by atoms with E-state index in [9.17, 15) is 0 Å². The van der Waals surface area contributed by atoms with E-state index in [4.69, 9.17) is 5.73 Å². The summed E-state index contributed by atoms with van der Waals surface area (Å²) in [5, 5.41) is 3.46. The second-order valence-corrected chi connectivity index (χ2v) is 4.18. The molecule has 3 N–H and O–H groups in total. The van der Waals surface area contributed by atoms with Crippen LogP contribution >= 0.6 is 0 Å². The monoisotopic (exact) mass is 172 g/mol. The van der Waals surface area contributed by atoms with Crippen LogP contribution in [-0.2, 0) is 0 Å². The summed E-state index contributed by atoms with van der Waals surface area (Å²) in [5.41, 5.74) is 5.51. The van der Waals surface area contributed by atoms with Gasteiger partial charge in [-0.1, -0.05) is 13.8 Å². The molecule has 2 heteroatoms. The van der Waals surface area contributed by atoms with Crippen LogP contribution in [0.25, 0.3) is 0 Å². The maximum Gasteiger partial charge on any atom is 0.0164 e. The Labute approximate surface area is 76.9 Å². The van der Waals surface area contributed by atoms with Gasteiger partial charge >= 0.3 is 0 Å². The Balaban J connectivity index is 3.39. The molecule has 2 nitrogen and oxygen atoms in total. The number of hydrogen-bond acceptors (Lipinski definition) is 2. The fourth-order valence-electron chi connectivity index (χ4n) is 1.22. The molecular formula is C10H24N2. The summed E-state index contributed by atoms with van der Waals surface area (Å²) in [7, 11) is 0. The van der Waals surface area contributed by atoms with Crippen LogP contribution in [0.15, 0.2) is 0 Å². The SMILES string of the molecule is CC(C)CCC(C)NC(C)CN. The molecule has 0 aliphatic rings. The van der Waals surface area contributed by atoms with E-state index in [-0.39, 0.29) is 0 Å². The first kappa shape index (κ1) is 11.9. The van der Waals surface area contributed by atoms with Gasteiger partial charge in [-0.25, -0.2) is 0 Å². The van der Waals surface area contributed by atoms with Gasteiger partial charge in [0.2, 0.25) is 0 Å². The molecule has 0 aromatic rings. The first-order chi connectivity index (χ1) is 5.56. The Morgan fingerprint density at radius 3 is 2.00 bits per heavy atom. The number of hydrogen-bond donors (Lipinski definition) is 2. The highest BCUT2D eigenvalue weighted by molar-refractivity contribution is 4.68. The van der Waals surface area contributed by atoms with E-state index in [0.29, 0.717) is 12.1 Å². The minimum atomic E-state index is 0.451. The van der Waals surface area contributed by atoms with Crippen LogP contribution in [0, 0.1) is 5.92 Å². The number of nitrogens with two attached hydrogens (primary N) is 1. The van der Waals surface area contributed by atoms with Gasteiger partial charge in [0.05, 0.1) is 0 Å². The number of nitrogens with one attached hydrogen (secondary N) is 1. The largest absolute Gasteiger partial charge is 0.329 e. The lowest BCUT2D eigenvalue weighted by atomic mass is 10.0. The van der Waals surface area contributed by atoms with Crippen molar-refractivity contribution < 1.29 is 0 Å². The summed E-state index contributed by atoms with van der Waals surface area (Å²) in [6, 6.07) is 1.05. The molecule has 0 saturated carbocycles. The minimum absolute atomic E-state index is 0.451. The lowest BCUT2D eigenvalue weighted by Crippen LogP contribution is -2.39. The van der Waals surface area contributed by atoms with Gasteiger partial charge in [-0.15, -0.1) is 0 Å². The first-order valence-corrected chi connectivity index (χ1v) is 5.02. The highest BCUT2D eigenvalue weighted by Gasteiger charge is 2.05. The van der Waals surface area contributed by atoms with Crippen molar-refractivity contribution in [1.29, 1.82) is 0 Å². The third-order valence-electron chi connectivity index (χ3n) is 2.10. The van der Waals surface area contributed by atoms with Gasteiger partial charge in [0.1, 0.15) is 0 Å². The molecule has 0 saturated heterocycles. The molecule has 0 aliphatic heterocycles. The third kappa shape index (κ3) is 6.62. The van der Waals surface area contributed by atoms with Gasteiger partial charge in [0.25, 0.3) is 0 Å². The summed E-state index contributed by atoms with van der Waals surface area (Å²) in [6.45, 7) is 9.62. The smallest absolute Gasteiger partial charge is 0.0164 e. The van der Waals surface area contributed by atoms with E-state index in [0.717, 1.165) is 12.5 Å². The van der Waals surface area contributed by atoms with Crippen molar-refractivity contribution in [3.05, 3.63) is 0 Å². The van der Waals surface area contributed by atoms with Crippen LogP contribution in [0.5, 0.6) is 0 Å². The second-order valence-electron chi connectivity index (χ2n) is 4.18. The molecule has 2 unspecified atom stereocenters. The second kappa shape index (κ2) is 6.44. The van der Waals surface area contributed by atoms with Crippen molar-refractivity contribution >= 4 is 0 Å². The van der Waals surface area contributed by atoms with Crippen molar-refractivity contribution in [2.45, 2.75) is 52.6 Å². The van der Waals surface area contributed by atoms with Gasteiger partial charge in [0, 0.05) is 18.6 Å². The van der Waals surface area contributed by atoms with E-state index in [1.165, 1.54) is 12.8 Å². The molecule has 0 aromatic heterocycles. The van der Waals surface area contributed by atoms with E-state index >= 15 is 0 Å². The van der Waals surface area contributed by atoms with Crippen molar-refractivity contribution in [3.8, 4) is 0 Å². The van der Waals surface area contributed by atoms with Gasteiger partial charge in [-0.3, -0.25) is 0 Å². The van der Waals surface area contributed by atoms with Gasteiger partial charge in [0.15, 0.2) is 0 Å². The van der Waals surface area contributed by atoms with Crippen molar-refractivity contribution in [1.82, 2.24) is 5.32 Å². The van der Waals surface area contributed by atoms with Crippen LogP contribution in [0.3, 0.4) is 0 Å². The first-order valence-electron chi connectivity index (χ1n) is 5.02. The Hall–Kier alpha value is -0.0800. The van der Waals surface area contributed by atoms with Gasteiger partial charge in [-0.05, 0) is 32.6 Å². The van der Waals surface area contributed by atoms with Crippen molar-refractivity contribution in [2.24, 2.45) is 11.7 Å². The number of rotatable bonds is 6. The molecule has 0 heterocycles. The lowest BCUT2D eigenvalue weighted by molar-refractivity contribution is 0.414. The predicted octanol–water partition coefficient (Wildman–Crippen LogP) is 1.75. The molecule has 0 bridgehead atoms. The van der Waals surface area contributed by atoms with Crippen LogP contribution in [0.2, 0.25) is 0 Å². The fourth-order valence-corrected chi connectivity index (χ4v) is 1.22. The molecule has 0 aliphatic carbocycles. The zero-order valence-corrected chi connectivity index (χ0v) is 8.93. The Kier molecular flexibility index (Phi) is 6.39. The Morgan fingerprint density at radius 1 is 1.00 bits per heavy atom. The summed E-state index contributed by atoms with van der Waals surface area (Å²) >= 11 is 0. The molecule has 0 radical (unpaired) electrons. The Bertz CT molecular complexity index is 102. The molecule has 74 valence electrons. The van der Waals surface area contributed by atoms with Crippen molar-refractivity contribution in [3.63, 3.8) is 0 Å². The zero-order chi connectivity index (χ0) is 9.56. The van der Waals surface area contributed by atoms with Gasteiger partial charge < -0.3 is 11.1 Å². The highest BCUT2D eigenvalue weighted by Crippen LogP contribution is 2.06. The minimum Gasteiger partial charge on any atom is -0.329 e. The summed E-state index contributed by atoms with van der Waals surface area (Å²) < 4.78 is 0. The molecular weight excluding hydrogens is 148 g/mol. The summed E-state index contributed by atoms with van der Waals surface area (Å²) in [5.74, 6) is 0.808. The third-order valence-corrected chi connectivity index (χ3v) is 2.10. The zero-order valence-electron chi connectivity index (χ0n) is 8.93. The van der Waals surface area contributed by atoms with E-state index in [1.54, 1.807) is 0 Å². The molecule has 0 fully saturated rings. The Morgan fingerprint density at radius 2 is 1.58 bits per heavy atom. The molecule has 0 amide bonds. The summed E-state index contributed by atoms with van der Waals surface area (Å²) in [4.78, 5) is 0. The normalized spacial score (nSPS) is 16.5. The summed E-state index contributed by atoms with van der Waals surface area (Å²) in [6.07, 6.45) is 2.55. The molecule has 12 heavy (non-hydrogen) atoms. The van der Waals surface area contributed by atoms with Crippen LogP contribution < -0.4 is 11.1 Å². The van der Waals surface area contributed by atoms with Crippen molar-refractivity contribution in [2.75, 3.05) is 6.54 Å². The molecule has 0 aromatic carbocycles. The average molecular weight is 172 g/mol. The lowest BCUT2D eigenvalue weighted by Gasteiger charge is -2.19. The average Bonchev–Trinajstić information content (AvgIpc) is 2.00. The fraction of sp³-hybridized carbons (Fsp3) is 1.00. The predicted molar refractivity (Wildman–Crippen MR) is 55.2 cm³/mol. The standard InChI is InChI=1S/C10H24N2/c1-8(2)5-6-9(3)12-10(4)7-11/h8-10,12H,5-7,11H2,1-4H3. The topological polar surface area (TPSA) is 38.0 Å². The van der Waals surface area contributed by atoms with Crippen LogP contribution in [-0.4, -0.2) is 18.6 Å².